The van der Waals surface area contributed by atoms with E-state index >= 15 is 0 Å². The molecule has 0 saturated carbocycles. The molecule has 0 unspecified atom stereocenters. The normalized spacial score (nSPS) is 11.0. The van der Waals surface area contributed by atoms with E-state index in [0.717, 1.165) is 21.5 Å². The maximum absolute atomic E-state index is 11.6. The number of aryl methyl sites for hydroxylation is 1. The zero-order chi connectivity index (χ0) is 13.8. The SMILES string of the molecule is Cc1ccc(=O)n(Cc2ccc(C=CC(=O)O)s2)n1. The van der Waals surface area contributed by atoms with Crippen LogP contribution in [0.25, 0.3) is 6.08 Å². The highest BCUT2D eigenvalue weighted by Crippen LogP contribution is 2.18. The summed E-state index contributed by atoms with van der Waals surface area (Å²) in [5.41, 5.74) is 0.629. The molecule has 6 heteroatoms. The van der Waals surface area contributed by atoms with E-state index in [4.69, 9.17) is 5.11 Å². The highest BCUT2D eigenvalue weighted by molar-refractivity contribution is 7.12. The Hall–Kier alpha value is -2.21. The molecule has 19 heavy (non-hydrogen) atoms. The van der Waals surface area contributed by atoms with E-state index in [2.05, 4.69) is 5.10 Å². The molecule has 0 saturated heterocycles. The van der Waals surface area contributed by atoms with E-state index in [1.807, 2.05) is 19.1 Å². The molecule has 0 radical (unpaired) electrons. The highest BCUT2D eigenvalue weighted by Gasteiger charge is 2.03. The standard InChI is InChI=1S/C13H12N2O3S/c1-9-2-6-12(16)15(14-9)8-11-4-3-10(19-11)5-7-13(17)18/h2-7H,8H2,1H3,(H,17,18). The second kappa shape index (κ2) is 5.62. The molecule has 5 nitrogen and oxygen atoms in total. The highest BCUT2D eigenvalue weighted by atomic mass is 32.1. The number of carbonyl (C=O) groups is 1. The van der Waals surface area contributed by atoms with Crippen LogP contribution in [0.5, 0.6) is 0 Å². The number of carboxylic acid groups (broad SMARTS) is 1. The number of aromatic nitrogens is 2. The van der Waals surface area contributed by atoms with Crippen LogP contribution < -0.4 is 5.56 Å². The summed E-state index contributed by atoms with van der Waals surface area (Å²) in [6.07, 6.45) is 2.62. The Kier molecular flexibility index (Phi) is 3.91. The molecule has 2 aromatic rings. The average Bonchev–Trinajstić information content (AvgIpc) is 2.79. The molecule has 2 aromatic heterocycles. The Morgan fingerprint density at radius 2 is 2.21 bits per heavy atom. The first-order chi connectivity index (χ1) is 9.04. The lowest BCUT2D eigenvalue weighted by Crippen LogP contribution is -2.22. The third-order valence-corrected chi connectivity index (χ3v) is 3.41. The Bertz CT molecular complexity index is 685. The quantitative estimate of drug-likeness (QED) is 0.864. The first kappa shape index (κ1) is 13.2. The lowest BCUT2D eigenvalue weighted by molar-refractivity contribution is -0.131. The average molecular weight is 276 g/mol. The van der Waals surface area contributed by atoms with E-state index in [9.17, 15) is 9.59 Å². The van der Waals surface area contributed by atoms with Crippen molar-refractivity contribution in [3.8, 4) is 0 Å². The van der Waals surface area contributed by atoms with Crippen LogP contribution in [-0.2, 0) is 11.3 Å². The van der Waals surface area contributed by atoms with Crippen LogP contribution in [0.2, 0.25) is 0 Å². The van der Waals surface area contributed by atoms with E-state index < -0.39 is 5.97 Å². The van der Waals surface area contributed by atoms with Gasteiger partial charge >= 0.3 is 5.97 Å². The molecule has 98 valence electrons. The van der Waals surface area contributed by atoms with Gasteiger partial charge in [-0.2, -0.15) is 5.10 Å². The minimum Gasteiger partial charge on any atom is -0.478 e. The predicted molar refractivity (Wildman–Crippen MR) is 73.3 cm³/mol. The molecule has 0 aliphatic rings. The van der Waals surface area contributed by atoms with Crippen molar-refractivity contribution in [1.29, 1.82) is 0 Å². The van der Waals surface area contributed by atoms with Crippen molar-refractivity contribution in [2.24, 2.45) is 0 Å². The van der Waals surface area contributed by atoms with Crippen molar-refractivity contribution in [3.05, 3.63) is 56.1 Å². The summed E-state index contributed by atoms with van der Waals surface area (Å²) >= 11 is 1.43. The number of carboxylic acids is 1. The van der Waals surface area contributed by atoms with Gasteiger partial charge in [0.1, 0.15) is 0 Å². The monoisotopic (exact) mass is 276 g/mol. The first-order valence-electron chi connectivity index (χ1n) is 5.59. The van der Waals surface area contributed by atoms with Crippen molar-refractivity contribution < 1.29 is 9.90 Å². The maximum Gasteiger partial charge on any atom is 0.328 e. The number of nitrogens with zero attached hydrogens (tertiary/aromatic N) is 2. The van der Waals surface area contributed by atoms with Gasteiger partial charge in [0, 0.05) is 21.9 Å². The van der Waals surface area contributed by atoms with E-state index in [0.29, 0.717) is 6.54 Å². The van der Waals surface area contributed by atoms with Crippen LogP contribution in [-0.4, -0.2) is 20.9 Å². The summed E-state index contributed by atoms with van der Waals surface area (Å²) in [5, 5.41) is 12.7. The molecular weight excluding hydrogens is 264 g/mol. The third kappa shape index (κ3) is 3.62. The summed E-state index contributed by atoms with van der Waals surface area (Å²) < 4.78 is 1.39. The number of rotatable bonds is 4. The largest absolute Gasteiger partial charge is 0.478 e. The topological polar surface area (TPSA) is 72.2 Å². The lowest BCUT2D eigenvalue weighted by atomic mass is 10.4. The van der Waals surface area contributed by atoms with Crippen LogP contribution in [0.3, 0.4) is 0 Å². The van der Waals surface area contributed by atoms with Gasteiger partial charge < -0.3 is 5.11 Å². The molecule has 0 fully saturated rings. The Labute approximate surface area is 113 Å². The summed E-state index contributed by atoms with van der Waals surface area (Å²) in [5.74, 6) is -0.980. The molecule has 0 aromatic carbocycles. The fraction of sp³-hybridized carbons (Fsp3) is 0.154. The van der Waals surface area contributed by atoms with Gasteiger partial charge in [0.25, 0.3) is 5.56 Å². The smallest absolute Gasteiger partial charge is 0.328 e. The molecule has 1 N–H and O–H groups in total. The molecule has 0 spiro atoms. The summed E-state index contributed by atoms with van der Waals surface area (Å²) in [6.45, 7) is 2.22. The van der Waals surface area contributed by atoms with Gasteiger partial charge in [-0.15, -0.1) is 11.3 Å². The molecule has 2 rings (SSSR count). The van der Waals surface area contributed by atoms with Crippen molar-refractivity contribution in [1.82, 2.24) is 9.78 Å². The molecule has 0 aliphatic heterocycles. The number of aliphatic carboxylic acids is 1. The fourth-order valence-electron chi connectivity index (χ4n) is 1.53. The van der Waals surface area contributed by atoms with Crippen LogP contribution in [0.1, 0.15) is 15.4 Å². The second-order valence-electron chi connectivity index (χ2n) is 3.95. The van der Waals surface area contributed by atoms with E-state index in [1.54, 1.807) is 6.07 Å². The minimum atomic E-state index is -0.980. The fourth-order valence-corrected chi connectivity index (χ4v) is 2.43. The third-order valence-electron chi connectivity index (χ3n) is 2.38. The molecule has 0 aliphatic carbocycles. The van der Waals surface area contributed by atoms with Crippen molar-refractivity contribution in [2.75, 3.05) is 0 Å². The molecular formula is C13H12N2O3S. The first-order valence-corrected chi connectivity index (χ1v) is 6.41. The van der Waals surface area contributed by atoms with Gasteiger partial charge in [0.05, 0.1) is 12.2 Å². The molecule has 0 atom stereocenters. The van der Waals surface area contributed by atoms with Gasteiger partial charge in [-0.1, -0.05) is 0 Å². The Morgan fingerprint density at radius 1 is 1.42 bits per heavy atom. The summed E-state index contributed by atoms with van der Waals surface area (Å²) in [4.78, 5) is 23.8. The van der Waals surface area contributed by atoms with Gasteiger partial charge in [0.15, 0.2) is 0 Å². The lowest BCUT2D eigenvalue weighted by Gasteiger charge is -2.02. The van der Waals surface area contributed by atoms with Gasteiger partial charge in [0.2, 0.25) is 0 Å². The van der Waals surface area contributed by atoms with Crippen LogP contribution in [0, 0.1) is 6.92 Å². The number of hydrogen-bond acceptors (Lipinski definition) is 4. The molecule has 2 heterocycles. The van der Waals surface area contributed by atoms with Gasteiger partial charge in [-0.3, -0.25) is 4.79 Å². The number of hydrogen-bond donors (Lipinski definition) is 1. The molecule has 0 bridgehead atoms. The number of thiophene rings is 1. The zero-order valence-electron chi connectivity index (χ0n) is 10.2. The second-order valence-corrected chi connectivity index (χ2v) is 5.15. The predicted octanol–water partition coefficient (Wildman–Crippen LogP) is 1.76. The minimum absolute atomic E-state index is 0.151. The van der Waals surface area contributed by atoms with Crippen molar-refractivity contribution in [3.63, 3.8) is 0 Å². The van der Waals surface area contributed by atoms with Crippen molar-refractivity contribution >= 4 is 23.4 Å². The maximum atomic E-state index is 11.6. The Morgan fingerprint density at radius 3 is 2.95 bits per heavy atom. The van der Waals surface area contributed by atoms with E-state index in [-0.39, 0.29) is 5.56 Å². The van der Waals surface area contributed by atoms with E-state index in [1.165, 1.54) is 28.2 Å². The van der Waals surface area contributed by atoms with Gasteiger partial charge in [-0.05, 0) is 31.2 Å². The summed E-state index contributed by atoms with van der Waals surface area (Å²) in [6, 6.07) is 6.85. The zero-order valence-corrected chi connectivity index (χ0v) is 11.1. The van der Waals surface area contributed by atoms with Crippen LogP contribution in [0.4, 0.5) is 0 Å². The van der Waals surface area contributed by atoms with Crippen molar-refractivity contribution in [2.45, 2.75) is 13.5 Å². The van der Waals surface area contributed by atoms with Crippen LogP contribution in [0.15, 0.2) is 35.1 Å². The van der Waals surface area contributed by atoms with Gasteiger partial charge in [-0.25, -0.2) is 9.48 Å². The molecule has 0 amide bonds. The van der Waals surface area contributed by atoms with Crippen LogP contribution >= 0.6 is 11.3 Å². The summed E-state index contributed by atoms with van der Waals surface area (Å²) in [7, 11) is 0. The Balaban J connectivity index is 2.18.